The van der Waals surface area contributed by atoms with Crippen LogP contribution >= 0.6 is 0 Å². The summed E-state index contributed by atoms with van der Waals surface area (Å²) in [6.45, 7) is 2.86. The molecule has 10 nitrogen and oxygen atoms in total. The fraction of sp³-hybridized carbons (Fsp3) is 0.381. The average Bonchev–Trinajstić information content (AvgIpc) is 3.06. The Hall–Kier alpha value is -3.87. The number of hydrogen-bond acceptors (Lipinski definition) is 6. The van der Waals surface area contributed by atoms with E-state index in [1.807, 2.05) is 17.0 Å². The van der Waals surface area contributed by atoms with Crippen molar-refractivity contribution >= 4 is 22.8 Å². The Morgan fingerprint density at radius 1 is 1.13 bits per heavy atom. The molecule has 3 heterocycles. The molecule has 0 atom stereocenters. The number of imidazole rings is 1. The molecule has 160 valence electrons. The third kappa shape index (κ3) is 4.21. The Bertz CT molecular complexity index is 1260. The van der Waals surface area contributed by atoms with E-state index in [2.05, 4.69) is 25.9 Å². The van der Waals surface area contributed by atoms with E-state index in [0.29, 0.717) is 30.9 Å². The van der Waals surface area contributed by atoms with Crippen LogP contribution in [0.25, 0.3) is 11.2 Å². The Kier molecular flexibility index (Phi) is 5.58. The standard InChI is InChI=1S/C21H23N7O3/c1-26-19-18(20(30)25-21(26)31)23-16(24-19)7-8-17(29)28-10-2-9-27(11-12-28)15-5-3-14(13-22)4-6-15/h3-6H,2,7-12H2,1H3,(H,23,24)(H,25,30,31). The Morgan fingerprint density at radius 3 is 2.65 bits per heavy atom. The number of amides is 1. The van der Waals surface area contributed by atoms with Gasteiger partial charge in [0, 0.05) is 51.8 Å². The van der Waals surface area contributed by atoms with E-state index in [9.17, 15) is 14.4 Å². The number of aromatic amines is 2. The number of hydrogen-bond donors (Lipinski definition) is 2. The normalized spacial score (nSPS) is 14.5. The van der Waals surface area contributed by atoms with Crippen molar-refractivity contribution in [2.75, 3.05) is 31.1 Å². The maximum atomic E-state index is 12.8. The van der Waals surface area contributed by atoms with Gasteiger partial charge in [-0.1, -0.05) is 0 Å². The van der Waals surface area contributed by atoms with Crippen LogP contribution in [-0.2, 0) is 18.3 Å². The smallest absolute Gasteiger partial charge is 0.329 e. The molecule has 0 radical (unpaired) electrons. The van der Waals surface area contributed by atoms with Gasteiger partial charge in [0.15, 0.2) is 5.65 Å². The highest BCUT2D eigenvalue weighted by molar-refractivity contribution is 5.77. The van der Waals surface area contributed by atoms with Crippen molar-refractivity contribution in [3.05, 3.63) is 56.5 Å². The van der Waals surface area contributed by atoms with Crippen molar-refractivity contribution in [2.24, 2.45) is 7.05 Å². The zero-order chi connectivity index (χ0) is 22.0. The Balaban J connectivity index is 1.38. The molecule has 1 aromatic carbocycles. The molecule has 1 amide bonds. The monoisotopic (exact) mass is 421 g/mol. The molecular formula is C21H23N7O3. The number of rotatable bonds is 4. The van der Waals surface area contributed by atoms with Crippen molar-refractivity contribution in [1.82, 2.24) is 24.4 Å². The topological polar surface area (TPSA) is 131 Å². The first-order valence-corrected chi connectivity index (χ1v) is 10.2. The summed E-state index contributed by atoms with van der Waals surface area (Å²) in [6.07, 6.45) is 1.48. The molecule has 2 N–H and O–H groups in total. The second kappa shape index (κ2) is 8.47. The van der Waals surface area contributed by atoms with Gasteiger partial charge in [0.25, 0.3) is 5.56 Å². The quantitative estimate of drug-likeness (QED) is 0.630. The summed E-state index contributed by atoms with van der Waals surface area (Å²) in [4.78, 5) is 50.0. The molecule has 1 aliphatic heterocycles. The minimum Gasteiger partial charge on any atom is -0.370 e. The van der Waals surface area contributed by atoms with Gasteiger partial charge in [0.05, 0.1) is 11.6 Å². The lowest BCUT2D eigenvalue weighted by Gasteiger charge is -2.23. The minimum atomic E-state index is -0.525. The van der Waals surface area contributed by atoms with Crippen molar-refractivity contribution in [3.8, 4) is 6.07 Å². The molecular weight excluding hydrogens is 398 g/mol. The molecule has 0 spiro atoms. The zero-order valence-electron chi connectivity index (χ0n) is 17.2. The molecule has 0 unspecified atom stereocenters. The molecule has 0 saturated carbocycles. The van der Waals surface area contributed by atoms with Gasteiger partial charge in [-0.2, -0.15) is 5.26 Å². The summed E-state index contributed by atoms with van der Waals surface area (Å²) in [5, 5.41) is 8.95. The lowest BCUT2D eigenvalue weighted by Crippen LogP contribution is -2.35. The lowest BCUT2D eigenvalue weighted by molar-refractivity contribution is -0.130. The fourth-order valence-electron chi connectivity index (χ4n) is 3.83. The van der Waals surface area contributed by atoms with Crippen LogP contribution in [0.2, 0.25) is 0 Å². The minimum absolute atomic E-state index is 0.0323. The second-order valence-corrected chi connectivity index (χ2v) is 7.58. The van der Waals surface area contributed by atoms with Gasteiger partial charge >= 0.3 is 5.69 Å². The van der Waals surface area contributed by atoms with E-state index < -0.39 is 11.2 Å². The largest absolute Gasteiger partial charge is 0.370 e. The molecule has 4 rings (SSSR count). The molecule has 2 aromatic heterocycles. The third-order valence-electron chi connectivity index (χ3n) is 5.59. The van der Waals surface area contributed by atoms with Gasteiger partial charge < -0.3 is 14.8 Å². The number of fused-ring (bicyclic) bond motifs is 1. The summed E-state index contributed by atoms with van der Waals surface area (Å²) in [7, 11) is 1.53. The lowest BCUT2D eigenvalue weighted by atomic mass is 10.2. The average molecular weight is 421 g/mol. The van der Waals surface area contributed by atoms with E-state index in [-0.39, 0.29) is 23.5 Å². The van der Waals surface area contributed by atoms with E-state index in [1.54, 1.807) is 12.1 Å². The van der Waals surface area contributed by atoms with Gasteiger partial charge in [-0.05, 0) is 30.7 Å². The molecule has 0 aliphatic carbocycles. The van der Waals surface area contributed by atoms with Crippen molar-refractivity contribution < 1.29 is 4.79 Å². The highest BCUT2D eigenvalue weighted by atomic mass is 16.2. The van der Waals surface area contributed by atoms with Crippen LogP contribution in [0.5, 0.6) is 0 Å². The molecule has 1 aliphatic rings. The van der Waals surface area contributed by atoms with Crippen molar-refractivity contribution in [3.63, 3.8) is 0 Å². The first-order valence-electron chi connectivity index (χ1n) is 10.2. The highest BCUT2D eigenvalue weighted by Gasteiger charge is 2.20. The van der Waals surface area contributed by atoms with E-state index in [0.717, 1.165) is 25.2 Å². The van der Waals surface area contributed by atoms with Gasteiger partial charge in [0.1, 0.15) is 11.3 Å². The van der Waals surface area contributed by atoms with Gasteiger partial charge in [-0.15, -0.1) is 0 Å². The van der Waals surface area contributed by atoms with Gasteiger partial charge in [-0.3, -0.25) is 19.1 Å². The third-order valence-corrected chi connectivity index (χ3v) is 5.59. The summed E-state index contributed by atoms with van der Waals surface area (Å²) < 4.78 is 1.27. The predicted molar refractivity (Wildman–Crippen MR) is 115 cm³/mol. The van der Waals surface area contributed by atoms with Crippen molar-refractivity contribution in [2.45, 2.75) is 19.3 Å². The summed E-state index contributed by atoms with van der Waals surface area (Å²) >= 11 is 0. The van der Waals surface area contributed by atoms with Gasteiger partial charge in [-0.25, -0.2) is 9.78 Å². The molecule has 1 fully saturated rings. The maximum absolute atomic E-state index is 12.8. The van der Waals surface area contributed by atoms with Crippen LogP contribution < -0.4 is 16.1 Å². The fourth-order valence-corrected chi connectivity index (χ4v) is 3.83. The second-order valence-electron chi connectivity index (χ2n) is 7.58. The SMILES string of the molecule is Cn1c(=O)[nH]c(=O)c2[nH]c(CCC(=O)N3CCCN(c4ccc(C#N)cc4)CC3)nc21. The van der Waals surface area contributed by atoms with Crippen LogP contribution in [0.3, 0.4) is 0 Å². The van der Waals surface area contributed by atoms with Crippen molar-refractivity contribution in [1.29, 1.82) is 5.26 Å². The van der Waals surface area contributed by atoms with Crippen LogP contribution in [-0.4, -0.2) is 56.5 Å². The van der Waals surface area contributed by atoms with Crippen LogP contribution in [0.4, 0.5) is 5.69 Å². The number of anilines is 1. The molecule has 1 saturated heterocycles. The van der Waals surface area contributed by atoms with Gasteiger partial charge in [0.2, 0.25) is 5.91 Å². The van der Waals surface area contributed by atoms with Crippen LogP contribution in [0, 0.1) is 11.3 Å². The number of H-pyrrole nitrogens is 2. The van der Waals surface area contributed by atoms with Crippen LogP contribution in [0.1, 0.15) is 24.2 Å². The highest BCUT2D eigenvalue weighted by Crippen LogP contribution is 2.18. The summed E-state index contributed by atoms with van der Waals surface area (Å²) in [5.41, 5.74) is 1.15. The molecule has 3 aromatic rings. The summed E-state index contributed by atoms with van der Waals surface area (Å²) in [5.74, 6) is 0.536. The number of carbonyl (C=O) groups excluding carboxylic acids is 1. The first-order chi connectivity index (χ1) is 15.0. The number of aryl methyl sites for hydroxylation is 2. The Labute approximate surface area is 177 Å². The number of nitrogens with zero attached hydrogens (tertiary/aromatic N) is 5. The molecule has 0 bridgehead atoms. The number of benzene rings is 1. The number of aromatic nitrogens is 4. The van der Waals surface area contributed by atoms with Crippen LogP contribution in [0.15, 0.2) is 33.9 Å². The number of nitrogens with one attached hydrogen (secondary N) is 2. The number of carbonyl (C=O) groups is 1. The predicted octanol–water partition coefficient (Wildman–Crippen LogP) is 0.493. The summed E-state index contributed by atoms with van der Waals surface area (Å²) in [6, 6.07) is 9.60. The van der Waals surface area contributed by atoms with E-state index in [4.69, 9.17) is 5.26 Å². The molecule has 31 heavy (non-hydrogen) atoms. The Morgan fingerprint density at radius 2 is 1.90 bits per heavy atom. The maximum Gasteiger partial charge on any atom is 0.329 e. The van der Waals surface area contributed by atoms with E-state index >= 15 is 0 Å². The number of nitriles is 1. The van der Waals surface area contributed by atoms with E-state index in [1.165, 1.54) is 11.6 Å². The first kappa shape index (κ1) is 20.4. The zero-order valence-corrected chi connectivity index (χ0v) is 17.2. The molecule has 10 heteroatoms.